The standard InChI is InChI=1S/C15H24BrN3O/c1-4-15(7-6-8-17-10-15)13(20)9-12-14(16)11(3)18-19(12)5-2/h17H,4-10H2,1-3H3. The minimum absolute atomic E-state index is 0.186. The van der Waals surface area contributed by atoms with E-state index in [1.165, 1.54) is 0 Å². The highest BCUT2D eigenvalue weighted by Gasteiger charge is 2.38. The first-order valence-corrected chi connectivity index (χ1v) is 8.29. The second-order valence-electron chi connectivity index (χ2n) is 5.68. The van der Waals surface area contributed by atoms with Crippen molar-refractivity contribution in [3.8, 4) is 0 Å². The molecule has 2 rings (SSSR count). The topological polar surface area (TPSA) is 46.9 Å². The highest BCUT2D eigenvalue weighted by molar-refractivity contribution is 9.10. The van der Waals surface area contributed by atoms with Crippen molar-refractivity contribution in [3.63, 3.8) is 0 Å². The zero-order chi connectivity index (χ0) is 14.8. The van der Waals surface area contributed by atoms with Crippen LogP contribution in [0, 0.1) is 12.3 Å². The first-order chi connectivity index (χ1) is 9.54. The summed E-state index contributed by atoms with van der Waals surface area (Å²) in [5, 5.41) is 7.86. The number of aryl methyl sites for hydroxylation is 2. The van der Waals surface area contributed by atoms with Crippen LogP contribution in [0.15, 0.2) is 4.47 Å². The molecule has 1 saturated heterocycles. The van der Waals surface area contributed by atoms with Gasteiger partial charge in [0, 0.05) is 18.5 Å². The van der Waals surface area contributed by atoms with Gasteiger partial charge in [0.15, 0.2) is 0 Å². The maximum Gasteiger partial charge on any atom is 0.146 e. The van der Waals surface area contributed by atoms with Crippen molar-refractivity contribution in [3.05, 3.63) is 15.9 Å². The van der Waals surface area contributed by atoms with Crippen LogP contribution in [0.3, 0.4) is 0 Å². The Bertz CT molecular complexity index is 490. The van der Waals surface area contributed by atoms with E-state index in [2.05, 4.69) is 40.2 Å². The summed E-state index contributed by atoms with van der Waals surface area (Å²) in [5.74, 6) is 0.350. The Kier molecular flexibility index (Phi) is 5.02. The van der Waals surface area contributed by atoms with Crippen molar-refractivity contribution < 1.29 is 4.79 Å². The summed E-state index contributed by atoms with van der Waals surface area (Å²) in [4.78, 5) is 12.8. The molecule has 2 heterocycles. The van der Waals surface area contributed by atoms with Crippen molar-refractivity contribution in [1.82, 2.24) is 15.1 Å². The maximum atomic E-state index is 12.8. The normalized spacial score (nSPS) is 23.0. The van der Waals surface area contributed by atoms with Gasteiger partial charge in [-0.3, -0.25) is 9.48 Å². The quantitative estimate of drug-likeness (QED) is 0.895. The van der Waals surface area contributed by atoms with Crippen LogP contribution in [0.2, 0.25) is 0 Å². The molecular weight excluding hydrogens is 318 g/mol. The largest absolute Gasteiger partial charge is 0.316 e. The molecule has 1 aromatic heterocycles. The van der Waals surface area contributed by atoms with Crippen LogP contribution in [0.4, 0.5) is 0 Å². The van der Waals surface area contributed by atoms with Gasteiger partial charge in [-0.15, -0.1) is 0 Å². The SMILES string of the molecule is CCn1nc(C)c(Br)c1CC(=O)C1(CC)CCCNC1. The van der Waals surface area contributed by atoms with Crippen LogP contribution in [-0.4, -0.2) is 28.7 Å². The van der Waals surface area contributed by atoms with Crippen molar-refractivity contribution >= 4 is 21.7 Å². The van der Waals surface area contributed by atoms with Crippen LogP contribution < -0.4 is 5.32 Å². The minimum Gasteiger partial charge on any atom is -0.316 e. The van der Waals surface area contributed by atoms with Gasteiger partial charge in [0.05, 0.1) is 22.3 Å². The smallest absolute Gasteiger partial charge is 0.146 e. The second-order valence-corrected chi connectivity index (χ2v) is 6.47. The molecule has 1 aromatic rings. The van der Waals surface area contributed by atoms with Gasteiger partial charge in [0.1, 0.15) is 5.78 Å². The lowest BCUT2D eigenvalue weighted by Crippen LogP contribution is -2.46. The third kappa shape index (κ3) is 2.84. The van der Waals surface area contributed by atoms with Gasteiger partial charge in [-0.25, -0.2) is 0 Å². The maximum absolute atomic E-state index is 12.8. The van der Waals surface area contributed by atoms with Crippen molar-refractivity contribution in [1.29, 1.82) is 0 Å². The number of carbonyl (C=O) groups excluding carboxylic acids is 1. The molecule has 112 valence electrons. The molecule has 0 aromatic carbocycles. The summed E-state index contributed by atoms with van der Waals surface area (Å²) in [5.41, 5.74) is 1.80. The highest BCUT2D eigenvalue weighted by atomic mass is 79.9. The number of ketones is 1. The monoisotopic (exact) mass is 341 g/mol. The average Bonchev–Trinajstić information content (AvgIpc) is 2.75. The molecule has 1 N–H and O–H groups in total. The van der Waals surface area contributed by atoms with Gasteiger partial charge in [0.25, 0.3) is 0 Å². The van der Waals surface area contributed by atoms with Crippen LogP contribution in [0.5, 0.6) is 0 Å². The van der Waals surface area contributed by atoms with E-state index in [0.29, 0.717) is 12.2 Å². The summed E-state index contributed by atoms with van der Waals surface area (Å²) < 4.78 is 2.93. The fourth-order valence-electron chi connectivity index (χ4n) is 3.08. The molecule has 1 atom stereocenters. The van der Waals surface area contributed by atoms with Crippen LogP contribution in [0.1, 0.15) is 44.5 Å². The molecule has 4 nitrogen and oxygen atoms in total. The third-order valence-corrected chi connectivity index (χ3v) is 5.55. The number of carbonyl (C=O) groups is 1. The number of nitrogens with zero attached hydrogens (tertiary/aromatic N) is 2. The Morgan fingerprint density at radius 3 is 2.80 bits per heavy atom. The van der Waals surface area contributed by atoms with E-state index in [-0.39, 0.29) is 5.41 Å². The van der Waals surface area contributed by atoms with Crippen LogP contribution in [-0.2, 0) is 17.8 Å². The zero-order valence-electron chi connectivity index (χ0n) is 12.6. The van der Waals surface area contributed by atoms with E-state index in [0.717, 1.165) is 54.8 Å². The highest BCUT2D eigenvalue weighted by Crippen LogP contribution is 2.33. The molecule has 5 heteroatoms. The van der Waals surface area contributed by atoms with E-state index in [1.807, 2.05) is 11.6 Å². The lowest BCUT2D eigenvalue weighted by Gasteiger charge is -2.35. The summed E-state index contributed by atoms with van der Waals surface area (Å²) >= 11 is 3.58. The molecule has 1 fully saturated rings. The molecule has 0 bridgehead atoms. The van der Waals surface area contributed by atoms with Crippen molar-refractivity contribution in [2.75, 3.05) is 13.1 Å². The summed E-state index contributed by atoms with van der Waals surface area (Å²) in [6.45, 7) is 8.81. The molecular formula is C15H24BrN3O. The predicted molar refractivity (Wildman–Crippen MR) is 83.9 cm³/mol. The van der Waals surface area contributed by atoms with Gasteiger partial charge in [0.2, 0.25) is 0 Å². The number of hydrogen-bond donors (Lipinski definition) is 1. The molecule has 0 spiro atoms. The summed E-state index contributed by atoms with van der Waals surface area (Å²) in [7, 11) is 0. The number of nitrogens with one attached hydrogen (secondary N) is 1. The minimum atomic E-state index is -0.186. The molecule has 1 aliphatic rings. The Balaban J connectivity index is 2.22. The van der Waals surface area contributed by atoms with Crippen LogP contribution in [0.25, 0.3) is 0 Å². The number of hydrogen-bond acceptors (Lipinski definition) is 3. The Morgan fingerprint density at radius 2 is 2.25 bits per heavy atom. The zero-order valence-corrected chi connectivity index (χ0v) is 14.2. The van der Waals surface area contributed by atoms with E-state index in [9.17, 15) is 4.79 Å². The lowest BCUT2D eigenvalue weighted by atomic mass is 9.73. The lowest BCUT2D eigenvalue weighted by molar-refractivity contribution is -0.129. The average molecular weight is 342 g/mol. The molecule has 0 radical (unpaired) electrons. The van der Waals surface area contributed by atoms with Gasteiger partial charge < -0.3 is 5.32 Å². The third-order valence-electron chi connectivity index (χ3n) is 4.52. The molecule has 1 unspecified atom stereocenters. The van der Waals surface area contributed by atoms with Gasteiger partial charge in [-0.2, -0.15) is 5.10 Å². The Labute approximate surface area is 129 Å². The molecule has 0 saturated carbocycles. The fourth-order valence-corrected chi connectivity index (χ4v) is 3.51. The van der Waals surface area contributed by atoms with Gasteiger partial charge in [-0.05, 0) is 55.6 Å². The second kappa shape index (κ2) is 6.39. The summed E-state index contributed by atoms with van der Waals surface area (Å²) in [6, 6.07) is 0. The number of piperidine rings is 1. The first-order valence-electron chi connectivity index (χ1n) is 7.50. The van der Waals surface area contributed by atoms with E-state index >= 15 is 0 Å². The molecule has 0 amide bonds. The van der Waals surface area contributed by atoms with E-state index < -0.39 is 0 Å². The molecule has 1 aliphatic heterocycles. The number of aromatic nitrogens is 2. The molecule has 20 heavy (non-hydrogen) atoms. The Hall–Kier alpha value is -0.680. The van der Waals surface area contributed by atoms with Gasteiger partial charge in [-0.1, -0.05) is 6.92 Å². The number of rotatable bonds is 5. The predicted octanol–water partition coefficient (Wildman–Crippen LogP) is 2.87. The van der Waals surface area contributed by atoms with Crippen molar-refractivity contribution in [2.24, 2.45) is 5.41 Å². The van der Waals surface area contributed by atoms with E-state index in [4.69, 9.17) is 0 Å². The van der Waals surface area contributed by atoms with Gasteiger partial charge >= 0.3 is 0 Å². The Morgan fingerprint density at radius 1 is 1.50 bits per heavy atom. The molecule has 0 aliphatic carbocycles. The summed E-state index contributed by atoms with van der Waals surface area (Å²) in [6.07, 6.45) is 3.49. The first kappa shape index (κ1) is 15.7. The number of Topliss-reactive ketones (excluding diaryl/α,β-unsaturated/α-hetero) is 1. The van der Waals surface area contributed by atoms with E-state index in [1.54, 1.807) is 0 Å². The number of halogens is 1. The fraction of sp³-hybridized carbons (Fsp3) is 0.733. The van der Waals surface area contributed by atoms with Crippen LogP contribution >= 0.6 is 15.9 Å². The van der Waals surface area contributed by atoms with Crippen molar-refractivity contribution in [2.45, 2.75) is 53.0 Å².